The van der Waals surface area contributed by atoms with Crippen molar-refractivity contribution in [2.45, 2.75) is 12.8 Å². The second-order valence-corrected chi connectivity index (χ2v) is 4.71. The molecule has 0 atom stereocenters. The van der Waals surface area contributed by atoms with E-state index in [2.05, 4.69) is 5.32 Å². The molecule has 4 rings (SSSR count). The lowest BCUT2D eigenvalue weighted by Crippen LogP contribution is -2.31. The van der Waals surface area contributed by atoms with E-state index in [0.29, 0.717) is 5.75 Å². The molecule has 2 heterocycles. The second-order valence-electron chi connectivity index (χ2n) is 4.71. The Balaban J connectivity index is 1.88. The summed E-state index contributed by atoms with van der Waals surface area (Å²) in [5, 5.41) is 3.32. The van der Waals surface area contributed by atoms with Crippen LogP contribution in [0.4, 0.5) is 5.69 Å². The van der Waals surface area contributed by atoms with Gasteiger partial charge in [-0.15, -0.1) is 0 Å². The number of anilines is 1. The fourth-order valence-corrected chi connectivity index (χ4v) is 2.46. The van der Waals surface area contributed by atoms with Gasteiger partial charge < -0.3 is 14.8 Å². The number of carbonyl (C=O) groups is 1. The van der Waals surface area contributed by atoms with Gasteiger partial charge in [0.15, 0.2) is 17.3 Å². The lowest BCUT2D eigenvalue weighted by molar-refractivity contribution is 0.0903. The highest BCUT2D eigenvalue weighted by molar-refractivity contribution is 6.09. The number of ketones is 1. The van der Waals surface area contributed by atoms with Crippen molar-refractivity contribution in [2.24, 2.45) is 5.41 Å². The molecule has 0 radical (unpaired) electrons. The topological polar surface area (TPSA) is 47.6 Å². The normalized spacial score (nSPS) is 22.9. The largest absolute Gasteiger partial charge is 0.454 e. The Bertz CT molecular complexity index is 505. The molecule has 0 aromatic heterocycles. The van der Waals surface area contributed by atoms with Crippen LogP contribution < -0.4 is 14.8 Å². The highest BCUT2D eigenvalue weighted by Crippen LogP contribution is 2.52. The van der Waals surface area contributed by atoms with Crippen LogP contribution in [0.15, 0.2) is 12.1 Å². The van der Waals surface area contributed by atoms with Gasteiger partial charge in [0, 0.05) is 23.9 Å². The van der Waals surface area contributed by atoms with Gasteiger partial charge in [-0.2, -0.15) is 0 Å². The number of hydrogen-bond donors (Lipinski definition) is 1. The number of ether oxygens (including phenoxy) is 2. The Morgan fingerprint density at radius 1 is 1.19 bits per heavy atom. The van der Waals surface area contributed by atoms with Crippen molar-refractivity contribution in [2.75, 3.05) is 18.7 Å². The summed E-state index contributed by atoms with van der Waals surface area (Å²) in [6, 6.07) is 3.68. The zero-order valence-corrected chi connectivity index (χ0v) is 8.71. The van der Waals surface area contributed by atoms with Crippen LogP contribution in [0.3, 0.4) is 0 Å². The summed E-state index contributed by atoms with van der Waals surface area (Å²) < 4.78 is 10.6. The Morgan fingerprint density at radius 3 is 2.69 bits per heavy atom. The summed E-state index contributed by atoms with van der Waals surface area (Å²) in [5.41, 5.74) is 1.53. The van der Waals surface area contributed by atoms with Crippen molar-refractivity contribution in [3.05, 3.63) is 17.7 Å². The molecule has 0 amide bonds. The van der Waals surface area contributed by atoms with E-state index in [4.69, 9.17) is 9.47 Å². The van der Waals surface area contributed by atoms with E-state index in [1.54, 1.807) is 0 Å². The molecule has 82 valence electrons. The fraction of sp³-hybridized carbons (Fsp3) is 0.417. The molecular weight excluding hydrogens is 206 g/mol. The monoisotopic (exact) mass is 217 g/mol. The Labute approximate surface area is 92.5 Å². The zero-order valence-electron chi connectivity index (χ0n) is 8.71. The summed E-state index contributed by atoms with van der Waals surface area (Å²) in [5.74, 6) is 1.68. The SMILES string of the molecule is O=C1c2cc3c(cc2NCC12CC2)OCO3. The predicted octanol–water partition coefficient (Wildman–Crippen LogP) is 1.80. The third-order valence-electron chi connectivity index (χ3n) is 3.71. The molecule has 16 heavy (non-hydrogen) atoms. The third-order valence-corrected chi connectivity index (χ3v) is 3.71. The maximum Gasteiger partial charge on any atom is 0.231 e. The number of hydrogen-bond acceptors (Lipinski definition) is 4. The van der Waals surface area contributed by atoms with E-state index < -0.39 is 0 Å². The second kappa shape index (κ2) is 2.51. The van der Waals surface area contributed by atoms with Crippen LogP contribution in [0, 0.1) is 5.41 Å². The highest BCUT2D eigenvalue weighted by atomic mass is 16.7. The van der Waals surface area contributed by atoms with Gasteiger partial charge in [0.05, 0.1) is 5.41 Å². The first-order valence-electron chi connectivity index (χ1n) is 5.51. The van der Waals surface area contributed by atoms with Crippen molar-refractivity contribution in [3.63, 3.8) is 0 Å². The molecule has 1 N–H and O–H groups in total. The fourth-order valence-electron chi connectivity index (χ4n) is 2.46. The summed E-state index contributed by atoms with van der Waals surface area (Å²) in [6.45, 7) is 1.01. The number of nitrogens with one attached hydrogen (secondary N) is 1. The summed E-state index contributed by atoms with van der Waals surface area (Å²) in [4.78, 5) is 12.3. The first-order valence-corrected chi connectivity index (χ1v) is 5.51. The molecule has 0 bridgehead atoms. The van der Waals surface area contributed by atoms with Gasteiger partial charge >= 0.3 is 0 Å². The van der Waals surface area contributed by atoms with Gasteiger partial charge in [-0.25, -0.2) is 0 Å². The van der Waals surface area contributed by atoms with Crippen molar-refractivity contribution < 1.29 is 14.3 Å². The number of Topliss-reactive ketones (excluding diaryl/α,β-unsaturated/α-hetero) is 1. The number of rotatable bonds is 0. The molecule has 3 aliphatic rings. The molecule has 1 fully saturated rings. The minimum absolute atomic E-state index is 0.110. The van der Waals surface area contributed by atoms with Crippen LogP contribution >= 0.6 is 0 Å². The molecule has 2 aliphatic heterocycles. The van der Waals surface area contributed by atoms with E-state index in [1.807, 2.05) is 12.1 Å². The van der Waals surface area contributed by atoms with Gasteiger partial charge in [0.25, 0.3) is 0 Å². The van der Waals surface area contributed by atoms with Gasteiger partial charge in [0.2, 0.25) is 6.79 Å². The lowest BCUT2D eigenvalue weighted by atomic mass is 9.89. The quantitative estimate of drug-likeness (QED) is 0.719. The molecule has 1 aliphatic carbocycles. The smallest absolute Gasteiger partial charge is 0.231 e. The molecule has 1 aromatic rings. The molecule has 0 unspecified atom stereocenters. The molecule has 1 spiro atoms. The average molecular weight is 217 g/mol. The van der Waals surface area contributed by atoms with Crippen LogP contribution in [0.5, 0.6) is 11.5 Å². The first kappa shape index (κ1) is 8.44. The number of benzene rings is 1. The zero-order chi connectivity index (χ0) is 10.8. The van der Waals surface area contributed by atoms with E-state index in [-0.39, 0.29) is 18.0 Å². The highest BCUT2D eigenvalue weighted by Gasteiger charge is 2.52. The Kier molecular flexibility index (Phi) is 1.32. The first-order chi connectivity index (χ1) is 7.78. The van der Waals surface area contributed by atoms with Crippen LogP contribution in [0.25, 0.3) is 0 Å². The van der Waals surface area contributed by atoms with Gasteiger partial charge in [-0.3, -0.25) is 4.79 Å². The summed E-state index contributed by atoms with van der Waals surface area (Å²) in [7, 11) is 0. The van der Waals surface area contributed by atoms with E-state index in [9.17, 15) is 4.79 Å². The molecule has 0 saturated heterocycles. The minimum atomic E-state index is -0.110. The molecule has 4 heteroatoms. The molecular formula is C12H11NO3. The van der Waals surface area contributed by atoms with Crippen molar-refractivity contribution in [1.29, 1.82) is 0 Å². The van der Waals surface area contributed by atoms with Crippen LogP contribution in [0.1, 0.15) is 23.2 Å². The number of fused-ring (bicyclic) bond motifs is 2. The van der Waals surface area contributed by atoms with E-state index in [0.717, 1.165) is 36.4 Å². The van der Waals surface area contributed by atoms with Gasteiger partial charge in [-0.05, 0) is 18.9 Å². The van der Waals surface area contributed by atoms with Gasteiger partial charge in [-0.1, -0.05) is 0 Å². The molecule has 4 nitrogen and oxygen atoms in total. The predicted molar refractivity (Wildman–Crippen MR) is 57.1 cm³/mol. The molecule has 1 aromatic carbocycles. The van der Waals surface area contributed by atoms with Crippen LogP contribution in [-0.2, 0) is 0 Å². The standard InChI is InChI=1S/C12H11NO3/c14-11-7-3-9-10(16-6-15-9)4-8(7)13-5-12(11)1-2-12/h3-4,13H,1-2,5-6H2. The minimum Gasteiger partial charge on any atom is -0.454 e. The van der Waals surface area contributed by atoms with E-state index in [1.165, 1.54) is 0 Å². The van der Waals surface area contributed by atoms with Crippen LogP contribution in [0.2, 0.25) is 0 Å². The van der Waals surface area contributed by atoms with Gasteiger partial charge in [0.1, 0.15) is 0 Å². The lowest BCUT2D eigenvalue weighted by Gasteiger charge is -2.24. The maximum absolute atomic E-state index is 12.3. The van der Waals surface area contributed by atoms with Crippen LogP contribution in [-0.4, -0.2) is 19.1 Å². The van der Waals surface area contributed by atoms with Crippen molar-refractivity contribution in [3.8, 4) is 11.5 Å². The maximum atomic E-state index is 12.3. The third kappa shape index (κ3) is 0.919. The summed E-state index contributed by atoms with van der Waals surface area (Å²) >= 11 is 0. The number of carbonyl (C=O) groups excluding carboxylic acids is 1. The Hall–Kier alpha value is -1.71. The van der Waals surface area contributed by atoms with E-state index >= 15 is 0 Å². The average Bonchev–Trinajstić information content (AvgIpc) is 2.93. The summed E-state index contributed by atoms with van der Waals surface area (Å²) in [6.07, 6.45) is 2.01. The van der Waals surface area contributed by atoms with Crippen molar-refractivity contribution in [1.82, 2.24) is 0 Å². The Morgan fingerprint density at radius 2 is 1.94 bits per heavy atom. The van der Waals surface area contributed by atoms with Crippen molar-refractivity contribution >= 4 is 11.5 Å². The molecule has 1 saturated carbocycles.